The minimum Gasteiger partial charge on any atom is -0.486 e. The summed E-state index contributed by atoms with van der Waals surface area (Å²) in [7, 11) is 0. The molecule has 1 heterocycles. The highest BCUT2D eigenvalue weighted by atomic mass is 127. The largest absolute Gasteiger partial charge is 0.486 e. The van der Waals surface area contributed by atoms with Crippen LogP contribution in [0.15, 0.2) is 42.6 Å². The lowest BCUT2D eigenvalue weighted by Gasteiger charge is -2.07. The molecule has 2 rings (SSSR count). The van der Waals surface area contributed by atoms with Crippen molar-refractivity contribution in [1.29, 1.82) is 0 Å². The number of para-hydroxylation sites is 1. The molecule has 1 aromatic carbocycles. The second kappa shape index (κ2) is 5.81. The molecule has 18 heavy (non-hydrogen) atoms. The SMILES string of the molecule is O=C(O)c1ccc(COc2ccccc2I)nc1. The van der Waals surface area contributed by atoms with Gasteiger partial charge in [0.15, 0.2) is 0 Å². The Hall–Kier alpha value is -1.63. The molecule has 0 aliphatic carbocycles. The molecule has 0 saturated heterocycles. The molecule has 0 saturated carbocycles. The zero-order valence-corrected chi connectivity index (χ0v) is 11.5. The number of carboxylic acid groups (broad SMARTS) is 1. The van der Waals surface area contributed by atoms with Gasteiger partial charge >= 0.3 is 5.97 Å². The number of aromatic carboxylic acids is 1. The Morgan fingerprint density at radius 1 is 1.28 bits per heavy atom. The highest BCUT2D eigenvalue weighted by molar-refractivity contribution is 14.1. The monoisotopic (exact) mass is 355 g/mol. The zero-order chi connectivity index (χ0) is 13.0. The van der Waals surface area contributed by atoms with E-state index in [2.05, 4.69) is 27.6 Å². The Kier molecular flexibility index (Phi) is 4.14. The smallest absolute Gasteiger partial charge is 0.337 e. The quantitative estimate of drug-likeness (QED) is 0.857. The van der Waals surface area contributed by atoms with E-state index < -0.39 is 5.97 Å². The van der Waals surface area contributed by atoms with E-state index in [0.29, 0.717) is 12.3 Å². The normalized spacial score (nSPS) is 10.1. The lowest BCUT2D eigenvalue weighted by molar-refractivity contribution is 0.0696. The maximum atomic E-state index is 10.7. The third-order valence-electron chi connectivity index (χ3n) is 2.28. The van der Waals surface area contributed by atoms with E-state index in [1.165, 1.54) is 12.3 Å². The van der Waals surface area contributed by atoms with Gasteiger partial charge in [0.1, 0.15) is 12.4 Å². The number of pyridine rings is 1. The standard InChI is InChI=1S/C13H10INO3/c14-11-3-1-2-4-12(11)18-8-10-6-5-9(7-15-10)13(16)17/h1-7H,8H2,(H,16,17). The first kappa shape index (κ1) is 12.8. The van der Waals surface area contributed by atoms with Crippen LogP contribution >= 0.6 is 22.6 Å². The fourth-order valence-corrected chi connectivity index (χ4v) is 1.89. The van der Waals surface area contributed by atoms with Crippen molar-refractivity contribution >= 4 is 28.6 Å². The van der Waals surface area contributed by atoms with Crippen LogP contribution in [0, 0.1) is 3.57 Å². The summed E-state index contributed by atoms with van der Waals surface area (Å²) in [5.74, 6) is -0.185. The lowest BCUT2D eigenvalue weighted by atomic mass is 10.2. The van der Waals surface area contributed by atoms with E-state index >= 15 is 0 Å². The van der Waals surface area contributed by atoms with Crippen LogP contribution in [0.25, 0.3) is 0 Å². The van der Waals surface area contributed by atoms with Crippen LogP contribution in [0.4, 0.5) is 0 Å². The number of aromatic nitrogens is 1. The maximum Gasteiger partial charge on any atom is 0.337 e. The van der Waals surface area contributed by atoms with Crippen molar-refractivity contribution in [2.24, 2.45) is 0 Å². The van der Waals surface area contributed by atoms with Crippen molar-refractivity contribution in [1.82, 2.24) is 4.98 Å². The number of nitrogens with zero attached hydrogens (tertiary/aromatic N) is 1. The highest BCUT2D eigenvalue weighted by Crippen LogP contribution is 2.20. The molecule has 0 amide bonds. The Bertz CT molecular complexity index is 554. The van der Waals surface area contributed by atoms with Crippen LogP contribution in [0.5, 0.6) is 5.75 Å². The van der Waals surface area contributed by atoms with Crippen LogP contribution in [-0.4, -0.2) is 16.1 Å². The van der Waals surface area contributed by atoms with Gasteiger partial charge in [0, 0.05) is 6.20 Å². The van der Waals surface area contributed by atoms with Gasteiger partial charge in [-0.2, -0.15) is 0 Å². The van der Waals surface area contributed by atoms with Crippen molar-refractivity contribution in [3.63, 3.8) is 0 Å². The second-order valence-corrected chi connectivity index (χ2v) is 4.72. The molecule has 0 aliphatic rings. The van der Waals surface area contributed by atoms with E-state index in [4.69, 9.17) is 9.84 Å². The first-order valence-corrected chi connectivity index (χ1v) is 6.30. The number of carbonyl (C=O) groups is 1. The molecular formula is C13H10INO3. The summed E-state index contributed by atoms with van der Waals surface area (Å²) in [5, 5.41) is 8.75. The average Bonchev–Trinajstić information content (AvgIpc) is 2.38. The Balaban J connectivity index is 2.02. The van der Waals surface area contributed by atoms with Crippen molar-refractivity contribution in [3.8, 4) is 5.75 Å². The summed E-state index contributed by atoms with van der Waals surface area (Å²) < 4.78 is 6.63. The summed E-state index contributed by atoms with van der Waals surface area (Å²) in [4.78, 5) is 14.7. The van der Waals surface area contributed by atoms with Crippen molar-refractivity contribution < 1.29 is 14.6 Å². The first-order chi connectivity index (χ1) is 8.66. The molecule has 1 aromatic heterocycles. The second-order valence-electron chi connectivity index (χ2n) is 3.56. The van der Waals surface area contributed by atoms with Gasteiger partial charge in [-0.15, -0.1) is 0 Å². The molecule has 92 valence electrons. The van der Waals surface area contributed by atoms with E-state index in [1.807, 2.05) is 24.3 Å². The van der Waals surface area contributed by atoms with Crippen molar-refractivity contribution in [2.45, 2.75) is 6.61 Å². The molecule has 0 atom stereocenters. The Morgan fingerprint density at radius 3 is 2.67 bits per heavy atom. The maximum absolute atomic E-state index is 10.7. The Morgan fingerprint density at radius 2 is 2.06 bits per heavy atom. The minimum atomic E-state index is -0.979. The molecule has 1 N–H and O–H groups in total. The molecule has 0 spiro atoms. The van der Waals surface area contributed by atoms with E-state index in [9.17, 15) is 4.79 Å². The molecule has 2 aromatic rings. The summed E-state index contributed by atoms with van der Waals surface area (Å²) in [5.41, 5.74) is 0.868. The summed E-state index contributed by atoms with van der Waals surface area (Å²) in [6.45, 7) is 0.319. The lowest BCUT2D eigenvalue weighted by Crippen LogP contribution is -2.02. The number of benzene rings is 1. The zero-order valence-electron chi connectivity index (χ0n) is 9.34. The molecular weight excluding hydrogens is 345 g/mol. The van der Waals surface area contributed by atoms with Crippen LogP contribution < -0.4 is 4.74 Å². The fraction of sp³-hybridized carbons (Fsp3) is 0.0769. The third-order valence-corrected chi connectivity index (χ3v) is 3.18. The van der Waals surface area contributed by atoms with Gasteiger partial charge < -0.3 is 9.84 Å². The molecule has 4 nitrogen and oxygen atoms in total. The van der Waals surface area contributed by atoms with Crippen LogP contribution in [-0.2, 0) is 6.61 Å². The van der Waals surface area contributed by atoms with Gasteiger partial charge in [-0.1, -0.05) is 12.1 Å². The predicted octanol–water partition coefficient (Wildman–Crippen LogP) is 2.96. The van der Waals surface area contributed by atoms with Crippen molar-refractivity contribution in [2.75, 3.05) is 0 Å². The van der Waals surface area contributed by atoms with Gasteiger partial charge in [0.05, 0.1) is 14.8 Å². The van der Waals surface area contributed by atoms with Gasteiger partial charge in [-0.25, -0.2) is 4.79 Å². The Labute approximate surface area is 118 Å². The van der Waals surface area contributed by atoms with Crippen LogP contribution in [0.3, 0.4) is 0 Å². The predicted molar refractivity (Wildman–Crippen MR) is 74.7 cm³/mol. The number of hydrogen-bond donors (Lipinski definition) is 1. The summed E-state index contributed by atoms with van der Waals surface area (Å²) in [6, 6.07) is 10.8. The summed E-state index contributed by atoms with van der Waals surface area (Å²) >= 11 is 2.19. The van der Waals surface area contributed by atoms with Gasteiger partial charge in [0.25, 0.3) is 0 Å². The number of hydrogen-bond acceptors (Lipinski definition) is 3. The summed E-state index contributed by atoms with van der Waals surface area (Å²) in [6.07, 6.45) is 1.33. The van der Waals surface area contributed by atoms with E-state index in [0.717, 1.165) is 9.32 Å². The molecule has 0 radical (unpaired) electrons. The van der Waals surface area contributed by atoms with E-state index in [1.54, 1.807) is 6.07 Å². The van der Waals surface area contributed by atoms with Crippen molar-refractivity contribution in [3.05, 3.63) is 57.4 Å². The third kappa shape index (κ3) is 3.19. The first-order valence-electron chi connectivity index (χ1n) is 5.22. The van der Waals surface area contributed by atoms with Crippen LogP contribution in [0.1, 0.15) is 16.1 Å². The van der Waals surface area contributed by atoms with E-state index in [-0.39, 0.29) is 5.56 Å². The molecule has 0 aliphatic heterocycles. The number of ether oxygens (including phenoxy) is 1. The van der Waals surface area contributed by atoms with Gasteiger partial charge in [0.2, 0.25) is 0 Å². The average molecular weight is 355 g/mol. The molecule has 5 heteroatoms. The minimum absolute atomic E-state index is 0.174. The highest BCUT2D eigenvalue weighted by Gasteiger charge is 2.04. The van der Waals surface area contributed by atoms with Crippen LogP contribution in [0.2, 0.25) is 0 Å². The number of rotatable bonds is 4. The van der Waals surface area contributed by atoms with Gasteiger partial charge in [-0.05, 0) is 46.9 Å². The number of carboxylic acids is 1. The van der Waals surface area contributed by atoms with Gasteiger partial charge in [-0.3, -0.25) is 4.98 Å². The molecule has 0 fully saturated rings. The molecule has 0 bridgehead atoms. The molecule has 0 unspecified atom stereocenters. The topological polar surface area (TPSA) is 59.4 Å². The number of halogens is 1. The fourth-order valence-electron chi connectivity index (χ4n) is 1.35.